The van der Waals surface area contributed by atoms with Gasteiger partial charge in [0.25, 0.3) is 0 Å². The standard InChI is InChI=1S/C22H26N2O5S2/c1-29-22(26)19-17-11-5-6-12-18(17)30-21(19)23-20(25)15-8-7-13-24(14-15)31(27,28)16-9-3-2-4-10-16/h2-4,9-10,15H,5-8,11-14H2,1H3,(H,23,25)/t15-/m0/s1. The smallest absolute Gasteiger partial charge is 0.341 e. The van der Waals surface area contributed by atoms with Crippen LogP contribution in [0.1, 0.15) is 46.5 Å². The van der Waals surface area contributed by atoms with Gasteiger partial charge >= 0.3 is 5.97 Å². The predicted molar refractivity (Wildman–Crippen MR) is 119 cm³/mol. The summed E-state index contributed by atoms with van der Waals surface area (Å²) in [5, 5.41) is 3.44. The van der Waals surface area contributed by atoms with Crippen LogP contribution in [0.4, 0.5) is 5.00 Å². The molecule has 1 amide bonds. The second-order valence-corrected chi connectivity index (χ2v) is 11.0. The van der Waals surface area contributed by atoms with Crippen molar-refractivity contribution in [2.24, 2.45) is 5.92 Å². The van der Waals surface area contributed by atoms with Gasteiger partial charge < -0.3 is 10.1 Å². The predicted octanol–water partition coefficient (Wildman–Crippen LogP) is 3.45. The number of piperidine rings is 1. The molecular weight excluding hydrogens is 436 g/mol. The van der Waals surface area contributed by atoms with E-state index < -0.39 is 21.9 Å². The van der Waals surface area contributed by atoms with Gasteiger partial charge in [-0.1, -0.05) is 18.2 Å². The van der Waals surface area contributed by atoms with Gasteiger partial charge in [0.15, 0.2) is 0 Å². The summed E-state index contributed by atoms with van der Waals surface area (Å²) in [5.41, 5.74) is 1.44. The van der Waals surface area contributed by atoms with E-state index in [0.29, 0.717) is 30.0 Å². The van der Waals surface area contributed by atoms with E-state index in [-0.39, 0.29) is 17.3 Å². The van der Waals surface area contributed by atoms with E-state index in [1.165, 1.54) is 22.8 Å². The molecule has 0 radical (unpaired) electrons. The zero-order valence-electron chi connectivity index (χ0n) is 17.4. The second-order valence-electron chi connectivity index (χ2n) is 7.91. The molecule has 166 valence electrons. The molecule has 4 rings (SSSR count). The van der Waals surface area contributed by atoms with Crippen LogP contribution in [-0.4, -0.2) is 44.8 Å². The molecule has 1 fully saturated rings. The summed E-state index contributed by atoms with van der Waals surface area (Å²) in [6.45, 7) is 0.517. The Balaban J connectivity index is 1.53. The minimum atomic E-state index is -3.65. The SMILES string of the molecule is COC(=O)c1c(NC(=O)[C@H]2CCCN(S(=O)(=O)c3ccccc3)C2)sc2c1CCCC2. The highest BCUT2D eigenvalue weighted by atomic mass is 32.2. The third-order valence-electron chi connectivity index (χ3n) is 5.93. The summed E-state index contributed by atoms with van der Waals surface area (Å²) < 4.78 is 32.3. The van der Waals surface area contributed by atoms with Crippen LogP contribution in [0.5, 0.6) is 0 Å². The van der Waals surface area contributed by atoms with Crippen LogP contribution in [0.2, 0.25) is 0 Å². The largest absolute Gasteiger partial charge is 0.465 e. The Bertz CT molecular complexity index is 1080. The number of fused-ring (bicyclic) bond motifs is 1. The van der Waals surface area contributed by atoms with Crippen molar-refractivity contribution in [2.75, 3.05) is 25.5 Å². The average molecular weight is 463 g/mol. The summed E-state index contributed by atoms with van der Waals surface area (Å²) >= 11 is 1.44. The molecule has 2 aliphatic rings. The molecule has 1 N–H and O–H groups in total. The summed E-state index contributed by atoms with van der Waals surface area (Å²) in [6, 6.07) is 8.28. The molecule has 2 aromatic rings. The Morgan fingerprint density at radius 2 is 1.87 bits per heavy atom. The van der Waals surface area contributed by atoms with Crippen molar-refractivity contribution < 1.29 is 22.7 Å². The van der Waals surface area contributed by atoms with E-state index in [1.54, 1.807) is 30.3 Å². The van der Waals surface area contributed by atoms with Crippen molar-refractivity contribution in [3.63, 3.8) is 0 Å². The minimum absolute atomic E-state index is 0.127. The van der Waals surface area contributed by atoms with Crippen LogP contribution in [-0.2, 0) is 32.4 Å². The van der Waals surface area contributed by atoms with Crippen molar-refractivity contribution >= 4 is 38.2 Å². The van der Waals surface area contributed by atoms with Crippen LogP contribution >= 0.6 is 11.3 Å². The first kappa shape index (κ1) is 22.0. The highest BCUT2D eigenvalue weighted by Crippen LogP contribution is 2.39. The van der Waals surface area contributed by atoms with Gasteiger partial charge in [0.2, 0.25) is 15.9 Å². The molecule has 0 unspecified atom stereocenters. The van der Waals surface area contributed by atoms with E-state index in [4.69, 9.17) is 4.74 Å². The molecule has 0 bridgehead atoms. The molecule has 9 heteroatoms. The quantitative estimate of drug-likeness (QED) is 0.687. The molecule has 0 spiro atoms. The van der Waals surface area contributed by atoms with Gasteiger partial charge in [0.05, 0.1) is 23.5 Å². The fourth-order valence-corrected chi connectivity index (χ4v) is 7.13. The lowest BCUT2D eigenvalue weighted by Crippen LogP contribution is -2.43. The topological polar surface area (TPSA) is 92.8 Å². The van der Waals surface area contributed by atoms with Crippen LogP contribution in [0.25, 0.3) is 0 Å². The normalized spacial score (nSPS) is 19.5. The summed E-state index contributed by atoms with van der Waals surface area (Å²) in [5.74, 6) is -1.17. The lowest BCUT2D eigenvalue weighted by Gasteiger charge is -2.31. The molecule has 1 atom stereocenters. The Labute approximate surface area is 186 Å². The van der Waals surface area contributed by atoms with E-state index in [9.17, 15) is 18.0 Å². The molecule has 1 aromatic heterocycles. The first-order valence-electron chi connectivity index (χ1n) is 10.5. The number of anilines is 1. The maximum Gasteiger partial charge on any atom is 0.341 e. The summed E-state index contributed by atoms with van der Waals surface area (Å²) in [6.07, 6.45) is 4.98. The number of carbonyl (C=O) groups excluding carboxylic acids is 2. The Hall–Kier alpha value is -2.23. The zero-order valence-corrected chi connectivity index (χ0v) is 19.1. The summed E-state index contributed by atoms with van der Waals surface area (Å²) in [4.78, 5) is 26.8. The van der Waals surface area contributed by atoms with Crippen LogP contribution in [0.3, 0.4) is 0 Å². The fourth-order valence-electron chi connectivity index (χ4n) is 4.30. The minimum Gasteiger partial charge on any atom is -0.465 e. The highest BCUT2D eigenvalue weighted by Gasteiger charge is 2.34. The number of hydrogen-bond acceptors (Lipinski definition) is 6. The lowest BCUT2D eigenvalue weighted by atomic mass is 9.95. The third-order valence-corrected chi connectivity index (χ3v) is 9.02. The number of rotatable bonds is 5. The van der Waals surface area contributed by atoms with Crippen molar-refractivity contribution in [1.29, 1.82) is 0 Å². The van der Waals surface area contributed by atoms with Crippen LogP contribution in [0.15, 0.2) is 35.2 Å². The maximum atomic E-state index is 13.1. The van der Waals surface area contributed by atoms with Gasteiger partial charge in [-0.25, -0.2) is 13.2 Å². The maximum absolute atomic E-state index is 13.1. The third kappa shape index (κ3) is 4.40. The van der Waals surface area contributed by atoms with Crippen molar-refractivity contribution in [1.82, 2.24) is 4.31 Å². The first-order chi connectivity index (χ1) is 14.9. The van der Waals surface area contributed by atoms with Gasteiger partial charge in [0, 0.05) is 18.0 Å². The molecular formula is C22H26N2O5S2. The number of sulfonamides is 1. The number of carbonyl (C=O) groups is 2. The number of thiophene rings is 1. The van der Waals surface area contributed by atoms with E-state index in [1.807, 2.05) is 0 Å². The molecule has 2 heterocycles. The highest BCUT2D eigenvalue weighted by molar-refractivity contribution is 7.89. The number of esters is 1. The van der Waals surface area contributed by atoms with E-state index in [0.717, 1.165) is 36.1 Å². The van der Waals surface area contributed by atoms with Gasteiger partial charge in [-0.3, -0.25) is 4.79 Å². The Morgan fingerprint density at radius 3 is 2.61 bits per heavy atom. The average Bonchev–Trinajstić information content (AvgIpc) is 3.17. The number of amides is 1. The van der Waals surface area contributed by atoms with E-state index >= 15 is 0 Å². The van der Waals surface area contributed by atoms with Gasteiger partial charge in [-0.15, -0.1) is 11.3 Å². The van der Waals surface area contributed by atoms with Crippen molar-refractivity contribution in [3.8, 4) is 0 Å². The van der Waals surface area contributed by atoms with Crippen LogP contribution in [0, 0.1) is 5.92 Å². The summed E-state index contributed by atoms with van der Waals surface area (Å²) in [7, 11) is -2.31. The zero-order chi connectivity index (χ0) is 22.0. The monoisotopic (exact) mass is 462 g/mol. The number of nitrogens with one attached hydrogen (secondary N) is 1. The van der Waals surface area contributed by atoms with Crippen LogP contribution < -0.4 is 5.32 Å². The number of ether oxygens (including phenoxy) is 1. The van der Waals surface area contributed by atoms with E-state index in [2.05, 4.69) is 5.32 Å². The first-order valence-corrected chi connectivity index (χ1v) is 12.8. The van der Waals surface area contributed by atoms with Gasteiger partial charge in [-0.2, -0.15) is 4.31 Å². The molecule has 1 aliphatic carbocycles. The number of nitrogens with zero attached hydrogens (tertiary/aromatic N) is 1. The van der Waals surface area contributed by atoms with Crippen molar-refractivity contribution in [3.05, 3.63) is 46.3 Å². The molecule has 1 aromatic carbocycles. The van der Waals surface area contributed by atoms with Crippen molar-refractivity contribution in [2.45, 2.75) is 43.4 Å². The Kier molecular flexibility index (Phi) is 6.45. The number of methoxy groups -OCH3 is 1. The lowest BCUT2D eigenvalue weighted by molar-refractivity contribution is -0.120. The fraction of sp³-hybridized carbons (Fsp3) is 0.455. The Morgan fingerprint density at radius 1 is 1.13 bits per heavy atom. The number of aryl methyl sites for hydroxylation is 1. The number of hydrogen-bond donors (Lipinski definition) is 1. The molecule has 0 saturated carbocycles. The molecule has 1 aliphatic heterocycles. The number of benzene rings is 1. The molecule has 1 saturated heterocycles. The van der Waals surface area contributed by atoms with Gasteiger partial charge in [0.1, 0.15) is 5.00 Å². The molecule has 31 heavy (non-hydrogen) atoms. The molecule has 7 nitrogen and oxygen atoms in total. The van der Waals surface area contributed by atoms with Gasteiger partial charge in [-0.05, 0) is 56.2 Å². The second kappa shape index (κ2) is 9.10.